The minimum Gasteiger partial charge on any atom is -0.300 e. The second kappa shape index (κ2) is 5.08. The monoisotopic (exact) mass is 290 g/mol. The van der Waals surface area contributed by atoms with Crippen molar-refractivity contribution >= 4 is 37.3 Å². The first-order chi connectivity index (χ1) is 8.62. The van der Waals surface area contributed by atoms with E-state index >= 15 is 0 Å². The SMILES string of the molecule is CCN1C(=O)N(CC)C2C1N(CS)C(=O)N2CS. The highest BCUT2D eigenvalue weighted by atomic mass is 32.1. The molecular weight excluding hydrogens is 272 g/mol. The number of nitrogens with zero attached hydrogens (tertiary/aromatic N) is 4. The maximum absolute atomic E-state index is 12.2. The second-order valence-corrected chi connectivity index (χ2v) is 4.75. The molecular formula is C10H18N4O2S2. The van der Waals surface area contributed by atoms with Crippen molar-refractivity contribution in [2.24, 2.45) is 0 Å². The van der Waals surface area contributed by atoms with Gasteiger partial charge < -0.3 is 9.80 Å². The van der Waals surface area contributed by atoms with Gasteiger partial charge in [0.25, 0.3) is 0 Å². The van der Waals surface area contributed by atoms with Crippen LogP contribution in [-0.4, -0.2) is 68.8 Å². The summed E-state index contributed by atoms with van der Waals surface area (Å²) in [5, 5.41) is 0. The molecule has 0 radical (unpaired) electrons. The summed E-state index contributed by atoms with van der Waals surface area (Å²) < 4.78 is 0. The van der Waals surface area contributed by atoms with Crippen molar-refractivity contribution in [2.45, 2.75) is 26.2 Å². The molecule has 2 heterocycles. The van der Waals surface area contributed by atoms with E-state index in [-0.39, 0.29) is 24.4 Å². The lowest BCUT2D eigenvalue weighted by molar-refractivity contribution is 0.145. The van der Waals surface area contributed by atoms with Gasteiger partial charge >= 0.3 is 12.1 Å². The number of urea groups is 2. The van der Waals surface area contributed by atoms with Gasteiger partial charge in [-0.15, -0.1) is 0 Å². The molecule has 2 atom stereocenters. The third kappa shape index (κ3) is 1.65. The molecule has 0 N–H and O–H groups in total. The highest BCUT2D eigenvalue weighted by Gasteiger charge is 2.57. The Labute approximate surface area is 118 Å². The number of likely N-dealkylation sites (N-methyl/N-ethyl adjacent to an activating group) is 2. The van der Waals surface area contributed by atoms with Gasteiger partial charge in [0.1, 0.15) is 0 Å². The van der Waals surface area contributed by atoms with Gasteiger partial charge in [0.05, 0.1) is 11.8 Å². The fourth-order valence-corrected chi connectivity index (χ4v) is 3.27. The molecule has 18 heavy (non-hydrogen) atoms. The van der Waals surface area contributed by atoms with Gasteiger partial charge in [-0.2, -0.15) is 25.3 Å². The van der Waals surface area contributed by atoms with Crippen LogP contribution in [0.25, 0.3) is 0 Å². The summed E-state index contributed by atoms with van der Waals surface area (Å²) in [5.41, 5.74) is 0. The number of fused-ring (bicyclic) bond motifs is 1. The van der Waals surface area contributed by atoms with E-state index < -0.39 is 0 Å². The van der Waals surface area contributed by atoms with Gasteiger partial charge in [0.15, 0.2) is 12.3 Å². The summed E-state index contributed by atoms with van der Waals surface area (Å²) in [7, 11) is 0. The Bertz CT molecular complexity index is 306. The Morgan fingerprint density at radius 2 is 1.17 bits per heavy atom. The van der Waals surface area contributed by atoms with E-state index in [1.54, 1.807) is 19.6 Å². The largest absolute Gasteiger partial charge is 0.324 e. The summed E-state index contributed by atoms with van der Waals surface area (Å²) in [6.45, 7) is 4.99. The average molecular weight is 290 g/mol. The first-order valence-corrected chi connectivity index (χ1v) is 7.25. The Morgan fingerprint density at radius 3 is 1.44 bits per heavy atom. The summed E-state index contributed by atoms with van der Waals surface area (Å²) in [6.07, 6.45) is -0.501. The zero-order chi connectivity index (χ0) is 13.4. The van der Waals surface area contributed by atoms with Gasteiger partial charge in [-0.1, -0.05) is 0 Å². The van der Waals surface area contributed by atoms with Crippen molar-refractivity contribution in [3.05, 3.63) is 0 Å². The zero-order valence-corrected chi connectivity index (χ0v) is 12.3. The van der Waals surface area contributed by atoms with E-state index in [0.717, 1.165) is 0 Å². The van der Waals surface area contributed by atoms with Crippen LogP contribution in [0, 0.1) is 0 Å². The average Bonchev–Trinajstić information content (AvgIpc) is 2.78. The van der Waals surface area contributed by atoms with Crippen LogP contribution >= 0.6 is 25.3 Å². The normalized spacial score (nSPS) is 27.6. The first-order valence-electron chi connectivity index (χ1n) is 5.98. The number of hydrogen-bond donors (Lipinski definition) is 2. The summed E-state index contributed by atoms with van der Waals surface area (Å²) in [6, 6.07) is -0.138. The fraction of sp³-hybridized carbons (Fsp3) is 0.800. The van der Waals surface area contributed by atoms with Gasteiger partial charge in [-0.3, -0.25) is 9.80 Å². The molecule has 2 saturated heterocycles. The lowest BCUT2D eigenvalue weighted by Crippen LogP contribution is -2.46. The van der Waals surface area contributed by atoms with Crippen molar-refractivity contribution in [2.75, 3.05) is 24.8 Å². The number of carbonyl (C=O) groups is 2. The van der Waals surface area contributed by atoms with Crippen LogP contribution < -0.4 is 0 Å². The predicted molar refractivity (Wildman–Crippen MR) is 74.5 cm³/mol. The van der Waals surface area contributed by atoms with Crippen LogP contribution in [0.3, 0.4) is 0 Å². The van der Waals surface area contributed by atoms with Gasteiger partial charge in [-0.25, -0.2) is 9.59 Å². The summed E-state index contributed by atoms with van der Waals surface area (Å²) >= 11 is 8.40. The van der Waals surface area contributed by atoms with E-state index in [9.17, 15) is 9.59 Å². The molecule has 0 aromatic carbocycles. The lowest BCUT2D eigenvalue weighted by Gasteiger charge is -2.27. The zero-order valence-electron chi connectivity index (χ0n) is 10.5. The maximum Gasteiger partial charge on any atom is 0.324 e. The van der Waals surface area contributed by atoms with Gasteiger partial charge in [-0.05, 0) is 13.8 Å². The van der Waals surface area contributed by atoms with Crippen molar-refractivity contribution in [1.82, 2.24) is 19.6 Å². The lowest BCUT2D eigenvalue weighted by atomic mass is 10.3. The van der Waals surface area contributed by atoms with Crippen LogP contribution in [0.1, 0.15) is 13.8 Å². The van der Waals surface area contributed by atoms with Crippen LogP contribution in [-0.2, 0) is 0 Å². The number of amides is 4. The highest BCUT2D eigenvalue weighted by molar-refractivity contribution is 7.80. The van der Waals surface area contributed by atoms with E-state index in [1.807, 2.05) is 13.8 Å². The van der Waals surface area contributed by atoms with Crippen LogP contribution in [0.2, 0.25) is 0 Å². The van der Waals surface area contributed by atoms with Crippen molar-refractivity contribution < 1.29 is 9.59 Å². The van der Waals surface area contributed by atoms with Crippen LogP contribution in [0.15, 0.2) is 0 Å². The van der Waals surface area contributed by atoms with Crippen LogP contribution in [0.5, 0.6) is 0 Å². The summed E-state index contributed by atoms with van der Waals surface area (Å²) in [5.74, 6) is 0.594. The Balaban J connectivity index is 2.41. The molecule has 102 valence electrons. The van der Waals surface area contributed by atoms with Gasteiger partial charge in [0, 0.05) is 13.1 Å². The molecule has 2 aliphatic rings. The van der Waals surface area contributed by atoms with Crippen molar-refractivity contribution in [1.29, 1.82) is 0 Å². The number of carbonyl (C=O) groups excluding carboxylic acids is 2. The Kier molecular flexibility index (Phi) is 3.86. The molecule has 2 fully saturated rings. The minimum atomic E-state index is -0.250. The van der Waals surface area contributed by atoms with E-state index in [1.165, 1.54) is 0 Å². The smallest absolute Gasteiger partial charge is 0.300 e. The molecule has 6 nitrogen and oxygen atoms in total. The third-order valence-corrected chi connectivity index (χ3v) is 4.12. The standard InChI is InChI=1S/C10H18N4O2S2/c1-3-11-7-8(12(4-2)9(11)15)14(6-18)10(16)13(7)5-17/h7-8,17-18H,3-6H2,1-2H3. The Hall–Kier alpha value is -0.760. The topological polar surface area (TPSA) is 47.1 Å². The summed E-state index contributed by atoms with van der Waals surface area (Å²) in [4.78, 5) is 31.1. The predicted octanol–water partition coefficient (Wildman–Crippen LogP) is 0.928. The first kappa shape index (κ1) is 13.7. The molecule has 0 bridgehead atoms. The Morgan fingerprint density at radius 1 is 0.833 bits per heavy atom. The number of hydrogen-bond acceptors (Lipinski definition) is 4. The van der Waals surface area contributed by atoms with Gasteiger partial charge in [0.2, 0.25) is 0 Å². The fourth-order valence-electron chi connectivity index (χ4n) is 2.70. The third-order valence-electron chi connectivity index (χ3n) is 3.51. The number of thiol groups is 2. The molecule has 0 spiro atoms. The molecule has 0 aromatic heterocycles. The van der Waals surface area contributed by atoms with E-state index in [2.05, 4.69) is 25.3 Å². The molecule has 0 aliphatic carbocycles. The molecule has 0 aromatic rings. The number of rotatable bonds is 4. The second-order valence-electron chi connectivity index (χ2n) is 4.19. The van der Waals surface area contributed by atoms with Crippen LogP contribution in [0.4, 0.5) is 9.59 Å². The maximum atomic E-state index is 12.2. The van der Waals surface area contributed by atoms with Crippen molar-refractivity contribution in [3.63, 3.8) is 0 Å². The molecule has 2 unspecified atom stereocenters. The minimum absolute atomic E-state index is 0.0268. The molecule has 2 rings (SSSR count). The quantitative estimate of drug-likeness (QED) is 0.757. The van der Waals surface area contributed by atoms with Crippen molar-refractivity contribution in [3.8, 4) is 0 Å². The van der Waals surface area contributed by atoms with E-state index in [0.29, 0.717) is 24.8 Å². The highest BCUT2D eigenvalue weighted by Crippen LogP contribution is 2.34. The molecule has 0 saturated carbocycles. The van der Waals surface area contributed by atoms with E-state index in [4.69, 9.17) is 0 Å². The molecule has 8 heteroatoms. The molecule has 4 amide bonds. The molecule has 2 aliphatic heterocycles.